The van der Waals surface area contributed by atoms with E-state index in [-0.39, 0.29) is 11.1 Å². The van der Waals surface area contributed by atoms with Gasteiger partial charge in [0.2, 0.25) is 0 Å². The molecule has 0 unspecified atom stereocenters. The van der Waals surface area contributed by atoms with Crippen LogP contribution in [-0.4, -0.2) is 24.2 Å². The number of halogens is 1. The van der Waals surface area contributed by atoms with Crippen LogP contribution >= 0.6 is 11.6 Å². The Kier molecular flexibility index (Phi) is 10.9. The van der Waals surface area contributed by atoms with E-state index in [4.69, 9.17) is 16.9 Å². The number of aryl methyl sites for hydroxylation is 1. The Bertz CT molecular complexity index is 922. The van der Waals surface area contributed by atoms with E-state index in [0.29, 0.717) is 6.04 Å². The van der Waals surface area contributed by atoms with Crippen molar-refractivity contribution < 1.29 is 0 Å². The van der Waals surface area contributed by atoms with E-state index in [0.717, 1.165) is 27.3 Å². The fraction of sp³-hybridized carbons (Fsp3) is 0.393. The molecule has 1 aliphatic rings. The zero-order chi connectivity index (χ0) is 24.4. The molecule has 2 N–H and O–H groups in total. The van der Waals surface area contributed by atoms with E-state index >= 15 is 0 Å². The monoisotopic (exact) mass is 451 g/mol. The lowest BCUT2D eigenvalue weighted by Gasteiger charge is -2.46. The second kappa shape index (κ2) is 12.6. The molecule has 0 radical (unpaired) electrons. The average molecular weight is 452 g/mol. The fourth-order valence-corrected chi connectivity index (χ4v) is 4.33. The third kappa shape index (κ3) is 9.40. The highest BCUT2D eigenvalue weighted by Crippen LogP contribution is 2.28. The van der Waals surface area contributed by atoms with Gasteiger partial charge in [0.05, 0.1) is 11.6 Å². The number of nitrogens with one attached hydrogen (secondary N) is 2. The minimum absolute atomic E-state index is 0.273. The van der Waals surface area contributed by atoms with Gasteiger partial charge < -0.3 is 10.6 Å². The first-order chi connectivity index (χ1) is 15.0. The maximum atomic E-state index is 8.47. The van der Waals surface area contributed by atoms with Crippen molar-refractivity contribution in [2.75, 3.05) is 7.05 Å². The fourth-order valence-electron chi connectivity index (χ4n) is 4.06. The number of piperidine rings is 1. The van der Waals surface area contributed by atoms with Gasteiger partial charge in [-0.2, -0.15) is 5.26 Å². The SMILES string of the molecule is C=Cc1ccc(C=C)c(Cl)c1.CNC1CC(C)(C)NC(C)(C)C1.Cc1ccccc1C#N. The Balaban J connectivity index is 0.000000242. The summed E-state index contributed by atoms with van der Waals surface area (Å²) in [6.07, 6.45) is 5.92. The van der Waals surface area contributed by atoms with Crippen LogP contribution < -0.4 is 10.6 Å². The molecule has 1 saturated heterocycles. The van der Waals surface area contributed by atoms with E-state index in [1.807, 2.05) is 49.4 Å². The maximum absolute atomic E-state index is 8.47. The smallest absolute Gasteiger partial charge is 0.0994 e. The number of hydrogen-bond acceptors (Lipinski definition) is 3. The summed E-state index contributed by atoms with van der Waals surface area (Å²) in [4.78, 5) is 0. The van der Waals surface area contributed by atoms with Crippen LogP contribution in [0.5, 0.6) is 0 Å². The molecule has 0 saturated carbocycles. The molecule has 0 aromatic heterocycles. The molecule has 3 nitrogen and oxygen atoms in total. The number of rotatable bonds is 3. The van der Waals surface area contributed by atoms with Crippen LogP contribution in [0.3, 0.4) is 0 Å². The van der Waals surface area contributed by atoms with Crippen LogP contribution in [0.1, 0.15) is 62.8 Å². The molecule has 1 fully saturated rings. The number of nitriles is 1. The minimum Gasteiger partial charge on any atom is -0.317 e. The van der Waals surface area contributed by atoms with E-state index < -0.39 is 0 Å². The van der Waals surface area contributed by atoms with Crippen molar-refractivity contribution in [1.29, 1.82) is 5.26 Å². The normalized spacial score (nSPS) is 16.3. The zero-order valence-corrected chi connectivity index (χ0v) is 21.2. The van der Waals surface area contributed by atoms with Crippen LogP contribution in [0.15, 0.2) is 55.6 Å². The molecule has 4 heteroatoms. The highest BCUT2D eigenvalue weighted by Gasteiger charge is 2.36. The third-order valence-corrected chi connectivity index (χ3v) is 5.67. The minimum atomic E-state index is 0.273. The summed E-state index contributed by atoms with van der Waals surface area (Å²) < 4.78 is 0. The van der Waals surface area contributed by atoms with Gasteiger partial charge in [-0.15, -0.1) is 0 Å². The lowest BCUT2D eigenvalue weighted by molar-refractivity contribution is 0.150. The van der Waals surface area contributed by atoms with Crippen LogP contribution in [-0.2, 0) is 0 Å². The van der Waals surface area contributed by atoms with Gasteiger partial charge >= 0.3 is 0 Å². The highest BCUT2D eigenvalue weighted by molar-refractivity contribution is 6.32. The molecule has 2 aromatic rings. The maximum Gasteiger partial charge on any atom is 0.0994 e. The van der Waals surface area contributed by atoms with Crippen LogP contribution in [0.25, 0.3) is 12.2 Å². The van der Waals surface area contributed by atoms with Gasteiger partial charge in [-0.3, -0.25) is 0 Å². The van der Waals surface area contributed by atoms with Crippen LogP contribution in [0.2, 0.25) is 5.02 Å². The molecule has 0 atom stereocenters. The number of benzene rings is 2. The van der Waals surface area contributed by atoms with Crippen molar-refractivity contribution in [2.45, 2.75) is 64.6 Å². The second-order valence-corrected chi connectivity index (χ2v) is 9.81. The van der Waals surface area contributed by atoms with Crippen molar-refractivity contribution in [3.63, 3.8) is 0 Å². The average Bonchev–Trinajstić information content (AvgIpc) is 2.72. The Labute approximate surface area is 200 Å². The van der Waals surface area contributed by atoms with Crippen molar-refractivity contribution in [3.8, 4) is 6.07 Å². The van der Waals surface area contributed by atoms with Crippen molar-refractivity contribution in [1.82, 2.24) is 10.6 Å². The predicted octanol–water partition coefficient (Wildman–Crippen LogP) is 7.01. The summed E-state index contributed by atoms with van der Waals surface area (Å²) in [5.41, 5.74) is 4.33. The summed E-state index contributed by atoms with van der Waals surface area (Å²) in [7, 11) is 2.06. The molecule has 0 aliphatic carbocycles. The van der Waals surface area contributed by atoms with Gasteiger partial charge in [-0.1, -0.05) is 67.2 Å². The first-order valence-corrected chi connectivity index (χ1v) is 11.3. The Morgan fingerprint density at radius 2 is 1.66 bits per heavy atom. The van der Waals surface area contributed by atoms with E-state index in [1.165, 1.54) is 12.8 Å². The largest absolute Gasteiger partial charge is 0.317 e. The van der Waals surface area contributed by atoms with Crippen molar-refractivity contribution >= 4 is 23.8 Å². The summed E-state index contributed by atoms with van der Waals surface area (Å²) in [6.45, 7) is 18.3. The molecule has 1 heterocycles. The van der Waals surface area contributed by atoms with Crippen molar-refractivity contribution in [3.05, 3.63) is 82.9 Å². The lowest BCUT2D eigenvalue weighted by atomic mass is 9.80. The van der Waals surface area contributed by atoms with Gasteiger partial charge in [0.15, 0.2) is 0 Å². The summed E-state index contributed by atoms with van der Waals surface area (Å²) in [6, 6.07) is 16.0. The van der Waals surface area contributed by atoms with Gasteiger partial charge in [0.25, 0.3) is 0 Å². The van der Waals surface area contributed by atoms with Crippen molar-refractivity contribution in [2.24, 2.45) is 0 Å². The molecular formula is C28H38ClN3. The zero-order valence-electron chi connectivity index (χ0n) is 20.4. The van der Waals surface area contributed by atoms with Gasteiger partial charge in [0, 0.05) is 22.1 Å². The summed E-state index contributed by atoms with van der Waals surface area (Å²) in [5, 5.41) is 16.2. The Morgan fingerprint density at radius 1 is 1.06 bits per heavy atom. The lowest BCUT2D eigenvalue weighted by Crippen LogP contribution is -2.61. The molecule has 3 rings (SSSR count). The molecule has 2 aromatic carbocycles. The Morgan fingerprint density at radius 3 is 2.06 bits per heavy atom. The van der Waals surface area contributed by atoms with Gasteiger partial charge in [-0.25, -0.2) is 0 Å². The van der Waals surface area contributed by atoms with Crippen LogP contribution in [0, 0.1) is 18.3 Å². The van der Waals surface area contributed by atoms with E-state index in [1.54, 1.807) is 12.2 Å². The van der Waals surface area contributed by atoms with Crippen LogP contribution in [0.4, 0.5) is 0 Å². The predicted molar refractivity (Wildman–Crippen MR) is 141 cm³/mol. The highest BCUT2D eigenvalue weighted by atomic mass is 35.5. The van der Waals surface area contributed by atoms with Gasteiger partial charge in [-0.05, 0) is 83.3 Å². The van der Waals surface area contributed by atoms with E-state index in [2.05, 4.69) is 64.6 Å². The van der Waals surface area contributed by atoms with Gasteiger partial charge in [0.1, 0.15) is 0 Å². The summed E-state index contributed by atoms with van der Waals surface area (Å²) in [5.74, 6) is 0. The first kappa shape index (κ1) is 27.7. The quantitative estimate of drug-likeness (QED) is 0.527. The molecule has 1 aliphatic heterocycles. The molecule has 32 heavy (non-hydrogen) atoms. The second-order valence-electron chi connectivity index (χ2n) is 9.40. The topological polar surface area (TPSA) is 47.8 Å². The summed E-state index contributed by atoms with van der Waals surface area (Å²) >= 11 is 5.89. The molecule has 0 amide bonds. The number of hydrogen-bond donors (Lipinski definition) is 2. The number of nitrogens with zero attached hydrogens (tertiary/aromatic N) is 1. The third-order valence-electron chi connectivity index (χ3n) is 5.34. The standard InChI is InChI=1S/C10H9Cl.C10H22N2.C8H7N/c1-3-8-5-6-9(4-2)10(11)7-8;1-9(2)6-8(11-5)7-10(3,4)12-9;1-7-4-2-3-5-8(7)6-9/h3-7H,1-2H2;8,11-12H,6-7H2,1-5H3;2-5H,1H3. The molecule has 0 spiro atoms. The molecular weight excluding hydrogens is 414 g/mol. The molecule has 172 valence electrons. The Hall–Kier alpha value is -2.38. The van der Waals surface area contributed by atoms with E-state index in [9.17, 15) is 0 Å². The molecule has 0 bridgehead atoms. The first-order valence-electron chi connectivity index (χ1n) is 10.9.